The zero-order valence-electron chi connectivity index (χ0n) is 19.6. The van der Waals surface area contributed by atoms with Gasteiger partial charge in [-0.05, 0) is 46.0 Å². The Morgan fingerprint density at radius 1 is 0.759 bits per heavy atom. The minimum Gasteiger partial charge on any atom is -0.460 e. The van der Waals surface area contributed by atoms with E-state index in [9.17, 15) is 9.59 Å². The zero-order valence-corrected chi connectivity index (χ0v) is 19.6. The smallest absolute Gasteiger partial charge is 0.306 e. The largest absolute Gasteiger partial charge is 0.460 e. The summed E-state index contributed by atoms with van der Waals surface area (Å²) in [6.45, 7) is 15.4. The molecule has 0 saturated carbocycles. The van der Waals surface area contributed by atoms with E-state index in [2.05, 4.69) is 11.8 Å². The Hall–Kier alpha value is -1.94. The van der Waals surface area contributed by atoms with Gasteiger partial charge >= 0.3 is 11.9 Å². The van der Waals surface area contributed by atoms with E-state index in [1.165, 1.54) is 0 Å². The molecule has 0 spiro atoms. The first kappa shape index (κ1) is 27.1. The molecule has 0 heterocycles. The Morgan fingerprint density at radius 2 is 1.07 bits per heavy atom. The van der Waals surface area contributed by atoms with Crippen LogP contribution in [0, 0.1) is 48.4 Å². The molecule has 0 aromatic heterocycles. The SMILES string of the molecule is C#CC(C)CC(C)(C)OC(=O)CC(C)CC(C)CC(=O)OC(C)(C)CC(C)C#C. The molecule has 0 rings (SSSR count). The van der Waals surface area contributed by atoms with Gasteiger partial charge in [0.05, 0.1) is 0 Å². The molecule has 4 unspecified atom stereocenters. The van der Waals surface area contributed by atoms with Gasteiger partial charge in [-0.25, -0.2) is 0 Å². The van der Waals surface area contributed by atoms with Crippen LogP contribution in [0.1, 0.15) is 87.5 Å². The van der Waals surface area contributed by atoms with Gasteiger partial charge in [0.2, 0.25) is 0 Å². The highest BCUT2D eigenvalue weighted by Gasteiger charge is 2.28. The van der Waals surface area contributed by atoms with E-state index in [4.69, 9.17) is 22.3 Å². The standard InChI is InChI=1S/C25H40O4/c1-11-18(3)16-24(7,8)28-22(26)14-20(5)13-21(6)15-23(27)29-25(9,10)17-19(4)12-2/h1-2,18-21H,13-17H2,3-10H3. The monoisotopic (exact) mass is 404 g/mol. The molecule has 0 aliphatic carbocycles. The maximum atomic E-state index is 12.3. The number of carbonyl (C=O) groups excluding carboxylic acids is 2. The molecule has 4 atom stereocenters. The van der Waals surface area contributed by atoms with Crippen LogP contribution in [0.3, 0.4) is 0 Å². The summed E-state index contributed by atoms with van der Waals surface area (Å²) in [5.74, 6) is 5.19. The number of rotatable bonds is 12. The second-order valence-electron chi connectivity index (χ2n) is 9.87. The molecular formula is C25H40O4. The van der Waals surface area contributed by atoms with Gasteiger partial charge in [-0.15, -0.1) is 24.7 Å². The molecule has 0 aliphatic rings. The number of hydrogen-bond acceptors (Lipinski definition) is 4. The van der Waals surface area contributed by atoms with Crippen LogP contribution in [0.25, 0.3) is 0 Å². The fraction of sp³-hybridized carbons (Fsp3) is 0.760. The van der Waals surface area contributed by atoms with Crippen LogP contribution in [-0.2, 0) is 19.1 Å². The van der Waals surface area contributed by atoms with E-state index >= 15 is 0 Å². The Balaban J connectivity index is 4.45. The highest BCUT2D eigenvalue weighted by atomic mass is 16.6. The normalized spacial score (nSPS) is 15.9. The lowest BCUT2D eigenvalue weighted by Gasteiger charge is -2.28. The van der Waals surface area contributed by atoms with Crippen molar-refractivity contribution >= 4 is 11.9 Å². The Kier molecular flexibility index (Phi) is 11.1. The van der Waals surface area contributed by atoms with E-state index < -0.39 is 11.2 Å². The molecule has 0 fully saturated rings. The molecule has 164 valence electrons. The van der Waals surface area contributed by atoms with Crippen LogP contribution in [0.15, 0.2) is 0 Å². The molecular weight excluding hydrogens is 364 g/mol. The van der Waals surface area contributed by atoms with Crippen molar-refractivity contribution in [1.82, 2.24) is 0 Å². The first-order chi connectivity index (χ1) is 13.2. The fourth-order valence-corrected chi connectivity index (χ4v) is 3.80. The number of ether oxygens (including phenoxy) is 2. The zero-order chi connectivity index (χ0) is 22.8. The summed E-state index contributed by atoms with van der Waals surface area (Å²) in [5.41, 5.74) is -1.17. The molecule has 0 N–H and O–H groups in total. The predicted molar refractivity (Wildman–Crippen MR) is 118 cm³/mol. The molecule has 0 amide bonds. The van der Waals surface area contributed by atoms with Gasteiger partial charge in [0.25, 0.3) is 0 Å². The summed E-state index contributed by atoms with van der Waals surface area (Å²) in [7, 11) is 0. The van der Waals surface area contributed by atoms with Crippen LogP contribution in [0.5, 0.6) is 0 Å². The highest BCUT2D eigenvalue weighted by molar-refractivity contribution is 5.71. The molecule has 29 heavy (non-hydrogen) atoms. The summed E-state index contributed by atoms with van der Waals surface area (Å²) in [4.78, 5) is 24.6. The molecule has 4 heteroatoms. The van der Waals surface area contributed by atoms with Gasteiger partial charge in [-0.1, -0.05) is 27.7 Å². The first-order valence-corrected chi connectivity index (χ1v) is 10.6. The summed E-state index contributed by atoms with van der Waals surface area (Å²) in [6, 6.07) is 0. The Morgan fingerprint density at radius 3 is 1.34 bits per heavy atom. The topological polar surface area (TPSA) is 52.6 Å². The average Bonchev–Trinajstić information content (AvgIpc) is 2.51. The van der Waals surface area contributed by atoms with Gasteiger partial charge in [0, 0.05) is 37.5 Å². The Bertz CT molecular complexity index is 564. The molecule has 0 saturated heterocycles. The molecule has 0 aromatic carbocycles. The van der Waals surface area contributed by atoms with Crippen molar-refractivity contribution in [2.24, 2.45) is 23.7 Å². The Labute approximate surface area is 178 Å². The maximum absolute atomic E-state index is 12.3. The van der Waals surface area contributed by atoms with Crippen molar-refractivity contribution in [3.8, 4) is 24.7 Å². The van der Waals surface area contributed by atoms with Crippen LogP contribution in [0.4, 0.5) is 0 Å². The third-order valence-electron chi connectivity index (χ3n) is 4.78. The van der Waals surface area contributed by atoms with Crippen LogP contribution in [-0.4, -0.2) is 23.1 Å². The second-order valence-corrected chi connectivity index (χ2v) is 9.87. The van der Waals surface area contributed by atoms with Gasteiger partial charge < -0.3 is 9.47 Å². The van der Waals surface area contributed by atoms with Crippen molar-refractivity contribution < 1.29 is 19.1 Å². The van der Waals surface area contributed by atoms with Gasteiger partial charge in [0.1, 0.15) is 11.2 Å². The van der Waals surface area contributed by atoms with Gasteiger partial charge in [0.15, 0.2) is 0 Å². The van der Waals surface area contributed by atoms with E-state index in [-0.39, 0.29) is 35.6 Å². The van der Waals surface area contributed by atoms with Crippen molar-refractivity contribution in [2.75, 3.05) is 0 Å². The van der Waals surface area contributed by atoms with Crippen LogP contribution in [0.2, 0.25) is 0 Å². The molecule has 0 aromatic rings. The summed E-state index contributed by atoms with van der Waals surface area (Å²) < 4.78 is 11.2. The van der Waals surface area contributed by atoms with Crippen molar-refractivity contribution in [1.29, 1.82) is 0 Å². The van der Waals surface area contributed by atoms with Crippen molar-refractivity contribution in [3.05, 3.63) is 0 Å². The maximum Gasteiger partial charge on any atom is 0.306 e. The minimum absolute atomic E-state index is 0.0501. The lowest BCUT2D eigenvalue weighted by molar-refractivity contribution is -0.158. The third-order valence-corrected chi connectivity index (χ3v) is 4.78. The van der Waals surface area contributed by atoms with E-state index in [1.54, 1.807) is 0 Å². The number of esters is 2. The second kappa shape index (κ2) is 11.9. The van der Waals surface area contributed by atoms with Crippen molar-refractivity contribution in [3.63, 3.8) is 0 Å². The lowest BCUT2D eigenvalue weighted by atomic mass is 9.91. The molecule has 4 nitrogen and oxygen atoms in total. The third kappa shape index (κ3) is 13.0. The predicted octanol–water partition coefficient (Wildman–Crippen LogP) is 5.39. The van der Waals surface area contributed by atoms with E-state index in [0.29, 0.717) is 25.7 Å². The van der Waals surface area contributed by atoms with Gasteiger partial charge in [-0.3, -0.25) is 9.59 Å². The van der Waals surface area contributed by atoms with Gasteiger partial charge in [-0.2, -0.15) is 0 Å². The average molecular weight is 405 g/mol. The van der Waals surface area contributed by atoms with E-state index in [1.807, 2.05) is 55.4 Å². The minimum atomic E-state index is -0.584. The van der Waals surface area contributed by atoms with Crippen molar-refractivity contribution in [2.45, 2.75) is 98.7 Å². The van der Waals surface area contributed by atoms with Crippen LogP contribution >= 0.6 is 0 Å². The fourth-order valence-electron chi connectivity index (χ4n) is 3.80. The number of hydrogen-bond donors (Lipinski definition) is 0. The summed E-state index contributed by atoms with van der Waals surface area (Å²) in [5, 5.41) is 0. The summed E-state index contributed by atoms with van der Waals surface area (Å²) >= 11 is 0. The molecule has 0 aliphatic heterocycles. The number of carbonyl (C=O) groups is 2. The first-order valence-electron chi connectivity index (χ1n) is 10.6. The molecule has 0 radical (unpaired) electrons. The molecule has 0 bridgehead atoms. The number of terminal acetylenes is 2. The lowest BCUT2D eigenvalue weighted by Crippen LogP contribution is -2.31. The van der Waals surface area contributed by atoms with Crippen LogP contribution < -0.4 is 0 Å². The van der Waals surface area contributed by atoms with E-state index in [0.717, 1.165) is 6.42 Å². The summed E-state index contributed by atoms with van der Waals surface area (Å²) in [6.07, 6.45) is 13.5. The highest BCUT2D eigenvalue weighted by Crippen LogP contribution is 2.25. The quantitative estimate of drug-likeness (QED) is 0.323.